The Balaban J connectivity index is 1.85. The van der Waals surface area contributed by atoms with Crippen LogP contribution in [0, 0.1) is 5.82 Å². The van der Waals surface area contributed by atoms with Crippen molar-refractivity contribution in [3.63, 3.8) is 0 Å². The second-order valence-corrected chi connectivity index (χ2v) is 4.80. The molecule has 1 aliphatic heterocycles. The molecule has 0 spiro atoms. The zero-order chi connectivity index (χ0) is 13.4. The van der Waals surface area contributed by atoms with Gasteiger partial charge >= 0.3 is 0 Å². The number of nitrogens with zero attached hydrogens (tertiary/aromatic N) is 3. The van der Waals surface area contributed by atoms with Crippen molar-refractivity contribution in [2.24, 2.45) is 0 Å². The standard InChI is InChI=1S/C13H11ClFN3O/c14-12-7-9(15)1-2-11(12)13(19)17-5-6-18-10(8-17)3-4-16-18/h1-4,7H,5-6,8H2. The molecule has 0 bridgehead atoms. The number of benzene rings is 1. The predicted molar refractivity (Wildman–Crippen MR) is 68.4 cm³/mol. The molecule has 0 atom stereocenters. The van der Waals surface area contributed by atoms with Crippen LogP contribution in [0.25, 0.3) is 0 Å². The van der Waals surface area contributed by atoms with E-state index in [-0.39, 0.29) is 10.9 Å². The molecule has 0 unspecified atom stereocenters. The number of carbonyl (C=O) groups excluding carboxylic acids is 1. The van der Waals surface area contributed by atoms with Gasteiger partial charge in [-0.1, -0.05) is 11.6 Å². The molecule has 4 nitrogen and oxygen atoms in total. The van der Waals surface area contributed by atoms with Crippen molar-refractivity contribution < 1.29 is 9.18 Å². The first kappa shape index (κ1) is 12.2. The zero-order valence-electron chi connectivity index (χ0n) is 10.0. The highest BCUT2D eigenvalue weighted by Gasteiger charge is 2.23. The van der Waals surface area contributed by atoms with Crippen LogP contribution in [-0.4, -0.2) is 27.1 Å². The van der Waals surface area contributed by atoms with Gasteiger partial charge in [0.1, 0.15) is 5.82 Å². The van der Waals surface area contributed by atoms with Crippen molar-refractivity contribution in [3.05, 3.63) is 52.6 Å². The first-order chi connectivity index (χ1) is 9.15. The summed E-state index contributed by atoms with van der Waals surface area (Å²) < 4.78 is 14.9. The maximum atomic E-state index is 13.0. The molecule has 1 amide bonds. The second kappa shape index (κ2) is 4.66. The summed E-state index contributed by atoms with van der Waals surface area (Å²) in [6.07, 6.45) is 1.72. The second-order valence-electron chi connectivity index (χ2n) is 4.40. The van der Waals surface area contributed by atoms with Gasteiger partial charge in [-0.3, -0.25) is 9.48 Å². The molecule has 1 aliphatic rings. The Morgan fingerprint density at radius 1 is 1.32 bits per heavy atom. The molecule has 2 aromatic rings. The Hall–Kier alpha value is -1.88. The van der Waals surface area contributed by atoms with Crippen LogP contribution in [0.3, 0.4) is 0 Å². The SMILES string of the molecule is O=C(c1ccc(F)cc1Cl)N1CCn2nccc2C1. The van der Waals surface area contributed by atoms with E-state index in [0.29, 0.717) is 25.2 Å². The van der Waals surface area contributed by atoms with Gasteiger partial charge in [-0.2, -0.15) is 5.10 Å². The number of hydrogen-bond donors (Lipinski definition) is 0. The first-order valence-electron chi connectivity index (χ1n) is 5.90. The zero-order valence-corrected chi connectivity index (χ0v) is 10.8. The van der Waals surface area contributed by atoms with Crippen molar-refractivity contribution in [3.8, 4) is 0 Å². The Bertz CT molecular complexity index is 641. The van der Waals surface area contributed by atoms with Gasteiger partial charge in [0.25, 0.3) is 5.91 Å². The average Bonchev–Trinajstić information content (AvgIpc) is 2.85. The summed E-state index contributed by atoms with van der Waals surface area (Å²) in [5, 5.41) is 4.30. The van der Waals surface area contributed by atoms with Gasteiger partial charge in [0.05, 0.1) is 29.4 Å². The predicted octanol–water partition coefficient (Wildman–Crippen LogP) is 2.33. The molecule has 98 valence electrons. The van der Waals surface area contributed by atoms with Crippen LogP contribution in [0.4, 0.5) is 4.39 Å². The molecule has 0 fully saturated rings. The van der Waals surface area contributed by atoms with Crippen LogP contribution in [0.5, 0.6) is 0 Å². The third-order valence-electron chi connectivity index (χ3n) is 3.19. The molecular formula is C13H11ClFN3O. The summed E-state index contributed by atoms with van der Waals surface area (Å²) in [7, 11) is 0. The minimum Gasteiger partial charge on any atom is -0.331 e. The normalized spacial score (nSPS) is 14.3. The fourth-order valence-corrected chi connectivity index (χ4v) is 2.44. The summed E-state index contributed by atoms with van der Waals surface area (Å²) >= 11 is 5.92. The summed E-state index contributed by atoms with van der Waals surface area (Å²) in [4.78, 5) is 14.0. The molecule has 2 heterocycles. The summed E-state index contributed by atoms with van der Waals surface area (Å²) in [5.41, 5.74) is 1.31. The highest BCUT2D eigenvalue weighted by molar-refractivity contribution is 6.33. The van der Waals surface area contributed by atoms with Crippen LogP contribution in [0.2, 0.25) is 5.02 Å². The topological polar surface area (TPSA) is 38.1 Å². The van der Waals surface area contributed by atoms with E-state index in [2.05, 4.69) is 5.10 Å². The molecule has 0 saturated heterocycles. The van der Waals surface area contributed by atoms with E-state index in [0.717, 1.165) is 11.8 Å². The quantitative estimate of drug-likeness (QED) is 0.803. The summed E-state index contributed by atoms with van der Waals surface area (Å²) in [6.45, 7) is 1.72. The van der Waals surface area contributed by atoms with Gasteiger partial charge in [-0.25, -0.2) is 4.39 Å². The number of carbonyl (C=O) groups is 1. The Morgan fingerprint density at radius 3 is 2.95 bits per heavy atom. The number of fused-ring (bicyclic) bond motifs is 1. The van der Waals surface area contributed by atoms with Crippen LogP contribution < -0.4 is 0 Å². The van der Waals surface area contributed by atoms with Gasteiger partial charge < -0.3 is 4.90 Å². The van der Waals surface area contributed by atoms with E-state index >= 15 is 0 Å². The minimum atomic E-state index is -0.446. The Labute approximate surface area is 114 Å². The number of halogens is 2. The average molecular weight is 280 g/mol. The van der Waals surface area contributed by atoms with Crippen LogP contribution in [0.15, 0.2) is 30.5 Å². The van der Waals surface area contributed by atoms with Crippen molar-refractivity contribution in [2.45, 2.75) is 13.1 Å². The molecule has 0 saturated carbocycles. The monoisotopic (exact) mass is 279 g/mol. The molecule has 19 heavy (non-hydrogen) atoms. The van der Waals surface area contributed by atoms with E-state index in [9.17, 15) is 9.18 Å². The third kappa shape index (κ3) is 2.21. The maximum Gasteiger partial charge on any atom is 0.255 e. The highest BCUT2D eigenvalue weighted by atomic mass is 35.5. The Morgan fingerprint density at radius 2 is 2.16 bits per heavy atom. The lowest BCUT2D eigenvalue weighted by Gasteiger charge is -2.28. The van der Waals surface area contributed by atoms with Crippen molar-refractivity contribution >= 4 is 17.5 Å². The lowest BCUT2D eigenvalue weighted by atomic mass is 10.1. The first-order valence-corrected chi connectivity index (χ1v) is 6.28. The summed E-state index contributed by atoms with van der Waals surface area (Å²) in [6, 6.07) is 5.70. The molecule has 0 N–H and O–H groups in total. The maximum absolute atomic E-state index is 13.0. The van der Waals surface area contributed by atoms with E-state index < -0.39 is 5.82 Å². The number of rotatable bonds is 1. The van der Waals surface area contributed by atoms with Gasteiger partial charge in [0, 0.05) is 12.7 Å². The molecule has 3 rings (SSSR count). The third-order valence-corrected chi connectivity index (χ3v) is 3.50. The van der Waals surface area contributed by atoms with Crippen LogP contribution in [-0.2, 0) is 13.1 Å². The molecule has 0 radical (unpaired) electrons. The van der Waals surface area contributed by atoms with Gasteiger partial charge in [0.15, 0.2) is 0 Å². The van der Waals surface area contributed by atoms with E-state index in [4.69, 9.17) is 11.6 Å². The van der Waals surface area contributed by atoms with Crippen molar-refractivity contribution in [1.82, 2.24) is 14.7 Å². The molecule has 1 aromatic heterocycles. The fraction of sp³-hybridized carbons (Fsp3) is 0.231. The highest BCUT2D eigenvalue weighted by Crippen LogP contribution is 2.21. The molecule has 6 heteroatoms. The van der Waals surface area contributed by atoms with Crippen LogP contribution in [0.1, 0.15) is 16.1 Å². The number of aromatic nitrogens is 2. The van der Waals surface area contributed by atoms with Gasteiger partial charge in [-0.15, -0.1) is 0 Å². The van der Waals surface area contributed by atoms with Gasteiger partial charge in [-0.05, 0) is 24.3 Å². The van der Waals surface area contributed by atoms with E-state index in [1.807, 2.05) is 10.7 Å². The smallest absolute Gasteiger partial charge is 0.255 e. The lowest BCUT2D eigenvalue weighted by Crippen LogP contribution is -2.38. The fourth-order valence-electron chi connectivity index (χ4n) is 2.19. The summed E-state index contributed by atoms with van der Waals surface area (Å²) in [5.74, 6) is -0.629. The molecule has 0 aliphatic carbocycles. The van der Waals surface area contributed by atoms with Crippen molar-refractivity contribution in [1.29, 1.82) is 0 Å². The number of hydrogen-bond acceptors (Lipinski definition) is 2. The molecular weight excluding hydrogens is 269 g/mol. The number of amides is 1. The van der Waals surface area contributed by atoms with Crippen LogP contribution >= 0.6 is 11.6 Å². The van der Waals surface area contributed by atoms with Gasteiger partial charge in [0.2, 0.25) is 0 Å². The van der Waals surface area contributed by atoms with Crippen molar-refractivity contribution in [2.75, 3.05) is 6.54 Å². The largest absolute Gasteiger partial charge is 0.331 e. The lowest BCUT2D eigenvalue weighted by molar-refractivity contribution is 0.0706. The minimum absolute atomic E-state index is 0.143. The molecule has 1 aromatic carbocycles. The van der Waals surface area contributed by atoms with E-state index in [1.54, 1.807) is 11.1 Å². The van der Waals surface area contributed by atoms with E-state index in [1.165, 1.54) is 12.1 Å². The Kier molecular flexibility index (Phi) is 2.98.